The molecule has 27 heavy (non-hydrogen) atoms. The number of hydrogen-bond donors (Lipinski definition) is 1. The van der Waals surface area contributed by atoms with Crippen molar-refractivity contribution in [2.45, 2.75) is 26.4 Å². The molecule has 1 amide bonds. The van der Waals surface area contributed by atoms with Crippen LogP contribution in [0.5, 0.6) is 0 Å². The summed E-state index contributed by atoms with van der Waals surface area (Å²) in [5.41, 5.74) is 2.23. The summed E-state index contributed by atoms with van der Waals surface area (Å²) >= 11 is 0. The predicted octanol–water partition coefficient (Wildman–Crippen LogP) is 4.32. The number of nitrogens with one attached hydrogen (secondary N) is 1. The van der Waals surface area contributed by atoms with Gasteiger partial charge in [-0.3, -0.25) is 0 Å². The minimum atomic E-state index is -0.228. The van der Waals surface area contributed by atoms with Crippen molar-refractivity contribution in [2.24, 2.45) is 5.41 Å². The summed E-state index contributed by atoms with van der Waals surface area (Å²) in [7, 11) is 0. The normalized spacial score (nSPS) is 21.1. The molecule has 1 aromatic rings. The maximum Gasteiger partial charge on any atom is 0.410 e. The first kappa shape index (κ1) is 20.9. The van der Waals surface area contributed by atoms with Crippen LogP contribution < -0.4 is 5.32 Å². The number of ether oxygens (including phenoxy) is 1. The number of halogens is 1. The molecule has 1 atom stereocenters. The van der Waals surface area contributed by atoms with E-state index < -0.39 is 0 Å². The van der Waals surface area contributed by atoms with E-state index in [9.17, 15) is 9.18 Å². The molecule has 2 aliphatic heterocycles. The smallest absolute Gasteiger partial charge is 0.410 e. The minimum Gasteiger partial charge on any atom is -0.444 e. The Kier molecular flexibility index (Phi) is 7.36. The number of rotatable bonds is 3. The zero-order chi connectivity index (χ0) is 19.9. The number of allylic oxidation sites excluding steroid dienone is 1. The lowest BCUT2D eigenvalue weighted by Crippen LogP contribution is -2.42. The molecule has 0 saturated carbocycles. The topological polar surface area (TPSA) is 41.6 Å². The summed E-state index contributed by atoms with van der Waals surface area (Å²) in [5, 5.41) is 3.27. The molecule has 0 bridgehead atoms. The van der Waals surface area contributed by atoms with Gasteiger partial charge in [0.2, 0.25) is 0 Å². The van der Waals surface area contributed by atoms with Crippen LogP contribution in [0.3, 0.4) is 0 Å². The Morgan fingerprint density at radius 2 is 1.93 bits per heavy atom. The molecule has 0 radical (unpaired) electrons. The third kappa shape index (κ3) is 5.79. The number of amides is 1. The molecule has 1 N–H and O–H groups in total. The van der Waals surface area contributed by atoms with E-state index in [4.69, 9.17) is 4.74 Å². The molecule has 3 rings (SSSR count). The van der Waals surface area contributed by atoms with Gasteiger partial charge in [0.1, 0.15) is 11.9 Å². The molecular formula is C22H29FN2O2. The number of nitrogens with zero attached hydrogens (tertiary/aromatic N) is 1. The van der Waals surface area contributed by atoms with Crippen molar-refractivity contribution in [2.75, 3.05) is 26.2 Å². The quantitative estimate of drug-likeness (QED) is 0.859. The van der Waals surface area contributed by atoms with Crippen molar-refractivity contribution in [3.05, 3.63) is 72.6 Å². The highest BCUT2D eigenvalue weighted by Gasteiger charge is 2.38. The summed E-state index contributed by atoms with van der Waals surface area (Å²) < 4.78 is 17.6. The maximum absolute atomic E-state index is 12.3. The predicted molar refractivity (Wildman–Crippen MR) is 107 cm³/mol. The summed E-state index contributed by atoms with van der Waals surface area (Å²) in [4.78, 5) is 14.0. The van der Waals surface area contributed by atoms with Crippen LogP contribution in [-0.2, 0) is 4.74 Å². The lowest BCUT2D eigenvalue weighted by molar-refractivity contribution is 0.0302. The van der Waals surface area contributed by atoms with Gasteiger partial charge in [0.25, 0.3) is 0 Å². The van der Waals surface area contributed by atoms with Gasteiger partial charge in [0, 0.05) is 31.6 Å². The second-order valence-electron chi connectivity index (χ2n) is 7.42. The van der Waals surface area contributed by atoms with Crippen molar-refractivity contribution in [1.82, 2.24) is 10.2 Å². The number of carbonyl (C=O) groups is 1. The van der Waals surface area contributed by atoms with Crippen LogP contribution in [0.1, 0.15) is 20.3 Å². The molecule has 0 spiro atoms. The fraction of sp³-hybridized carbons (Fsp3) is 0.409. The fourth-order valence-corrected chi connectivity index (χ4v) is 3.11. The van der Waals surface area contributed by atoms with E-state index in [1.807, 2.05) is 6.08 Å². The molecular weight excluding hydrogens is 343 g/mol. The van der Waals surface area contributed by atoms with Crippen LogP contribution in [0.15, 0.2) is 66.8 Å². The molecule has 0 aliphatic carbocycles. The first-order chi connectivity index (χ1) is 12.9. The van der Waals surface area contributed by atoms with Crippen molar-refractivity contribution < 1.29 is 13.9 Å². The Morgan fingerprint density at radius 3 is 2.41 bits per heavy atom. The van der Waals surface area contributed by atoms with E-state index in [0.29, 0.717) is 13.1 Å². The molecule has 2 aliphatic rings. The molecule has 2 heterocycles. The Morgan fingerprint density at radius 1 is 1.26 bits per heavy atom. The van der Waals surface area contributed by atoms with Crippen LogP contribution in [0.25, 0.3) is 0 Å². The summed E-state index contributed by atoms with van der Waals surface area (Å²) in [6, 6.07) is 7.94. The Bertz CT molecular complexity index is 698. The molecule has 146 valence electrons. The van der Waals surface area contributed by atoms with Crippen LogP contribution >= 0.6 is 0 Å². The number of benzene rings is 1. The van der Waals surface area contributed by atoms with Gasteiger partial charge in [-0.15, -0.1) is 0 Å². The van der Waals surface area contributed by atoms with E-state index in [1.54, 1.807) is 29.2 Å². The average molecular weight is 372 g/mol. The summed E-state index contributed by atoms with van der Waals surface area (Å²) in [6.45, 7) is 14.7. The van der Waals surface area contributed by atoms with Crippen molar-refractivity contribution >= 4 is 6.09 Å². The average Bonchev–Trinajstić information content (AvgIpc) is 3.00. The molecule has 0 aromatic heterocycles. The second-order valence-corrected chi connectivity index (χ2v) is 7.42. The van der Waals surface area contributed by atoms with E-state index in [2.05, 4.69) is 32.3 Å². The third-order valence-electron chi connectivity index (χ3n) is 4.93. The lowest BCUT2D eigenvalue weighted by Gasteiger charge is -2.32. The number of carbonyl (C=O) groups excluding carboxylic acids is 1. The molecule has 1 saturated heterocycles. The van der Waals surface area contributed by atoms with Crippen LogP contribution in [0.2, 0.25) is 0 Å². The van der Waals surface area contributed by atoms with Crippen molar-refractivity contribution in [1.29, 1.82) is 0 Å². The van der Waals surface area contributed by atoms with Gasteiger partial charge >= 0.3 is 6.09 Å². The van der Waals surface area contributed by atoms with E-state index in [0.717, 1.165) is 25.1 Å². The van der Waals surface area contributed by atoms with E-state index in [-0.39, 0.29) is 23.4 Å². The van der Waals surface area contributed by atoms with Crippen LogP contribution in [0.4, 0.5) is 9.18 Å². The molecule has 1 aromatic carbocycles. The van der Waals surface area contributed by atoms with Gasteiger partial charge in [0.05, 0.1) is 0 Å². The zero-order valence-corrected chi connectivity index (χ0v) is 16.2. The molecule has 5 heteroatoms. The van der Waals surface area contributed by atoms with Gasteiger partial charge in [-0.25, -0.2) is 9.18 Å². The SMILES string of the molecule is C=CC1=C(C=C)CN(C(=O)OC2CNCC2(C)C)CC1.Fc1ccccc1. The Hall–Kier alpha value is -2.40. The lowest BCUT2D eigenvalue weighted by atomic mass is 9.90. The highest BCUT2D eigenvalue weighted by atomic mass is 19.1. The van der Waals surface area contributed by atoms with Gasteiger partial charge in [-0.1, -0.05) is 57.4 Å². The van der Waals surface area contributed by atoms with E-state index >= 15 is 0 Å². The zero-order valence-electron chi connectivity index (χ0n) is 16.2. The van der Waals surface area contributed by atoms with Gasteiger partial charge in [-0.05, 0) is 29.7 Å². The first-order valence-corrected chi connectivity index (χ1v) is 9.21. The molecule has 1 fully saturated rings. The van der Waals surface area contributed by atoms with Crippen molar-refractivity contribution in [3.63, 3.8) is 0 Å². The Balaban J connectivity index is 0.000000313. The minimum absolute atomic E-state index is 0.00513. The van der Waals surface area contributed by atoms with Crippen LogP contribution in [-0.4, -0.2) is 43.3 Å². The molecule has 1 unspecified atom stereocenters. The van der Waals surface area contributed by atoms with Gasteiger partial charge in [0.15, 0.2) is 0 Å². The standard InChI is InChI=1S/C16H24N2O2.C6H5F/c1-5-12-7-8-18(10-13(12)6-2)15(19)20-14-9-17-11-16(14,3)4;7-6-4-2-1-3-5-6/h5-6,14,17H,1-2,7-11H2,3-4H3;1-5H. The number of hydrogen-bond acceptors (Lipinski definition) is 3. The largest absolute Gasteiger partial charge is 0.444 e. The highest BCUT2D eigenvalue weighted by Crippen LogP contribution is 2.28. The molecule has 4 nitrogen and oxygen atoms in total. The third-order valence-corrected chi connectivity index (χ3v) is 4.93. The second kappa shape index (κ2) is 9.51. The van der Waals surface area contributed by atoms with Crippen molar-refractivity contribution in [3.8, 4) is 0 Å². The highest BCUT2D eigenvalue weighted by molar-refractivity contribution is 5.69. The summed E-state index contributed by atoms with van der Waals surface area (Å²) in [5.74, 6) is -0.178. The van der Waals surface area contributed by atoms with E-state index in [1.165, 1.54) is 17.7 Å². The Labute approximate surface area is 161 Å². The van der Waals surface area contributed by atoms with Crippen LogP contribution in [0, 0.1) is 11.2 Å². The maximum atomic E-state index is 12.3. The fourth-order valence-electron chi connectivity index (χ4n) is 3.11. The van der Waals surface area contributed by atoms with Gasteiger partial charge in [-0.2, -0.15) is 0 Å². The first-order valence-electron chi connectivity index (χ1n) is 9.21. The van der Waals surface area contributed by atoms with Gasteiger partial charge < -0.3 is 15.0 Å². The monoisotopic (exact) mass is 372 g/mol. The summed E-state index contributed by atoms with van der Waals surface area (Å²) in [6.07, 6.45) is 4.18.